The fourth-order valence-electron chi connectivity index (χ4n) is 2.50. The molecule has 26 heavy (non-hydrogen) atoms. The Morgan fingerprint density at radius 3 is 2.73 bits per heavy atom. The lowest BCUT2D eigenvalue weighted by atomic mass is 10.0. The second kappa shape index (κ2) is 7.03. The number of hydrogen-bond acceptors (Lipinski definition) is 3. The van der Waals surface area contributed by atoms with Crippen molar-refractivity contribution in [3.05, 3.63) is 52.6 Å². The standard InChI is InChI=1S/C17H13ClF4N2O2/c1-25-10-5-11-9(6-23-16(11)24-7-10)4-12-13(19)2-3-14(15(12)18)26-8-17(20,21)22/h2-3,5-7H,4,8H2,1H3,(H,23,24). The first-order valence-electron chi connectivity index (χ1n) is 7.45. The Hall–Kier alpha value is -2.48. The monoisotopic (exact) mass is 388 g/mol. The average molecular weight is 389 g/mol. The van der Waals surface area contributed by atoms with Crippen molar-refractivity contribution in [3.8, 4) is 11.5 Å². The van der Waals surface area contributed by atoms with Gasteiger partial charge in [-0.2, -0.15) is 13.2 Å². The fourth-order valence-corrected chi connectivity index (χ4v) is 2.77. The summed E-state index contributed by atoms with van der Waals surface area (Å²) in [7, 11) is 1.49. The molecule has 0 amide bonds. The van der Waals surface area contributed by atoms with Crippen LogP contribution in [0.4, 0.5) is 17.6 Å². The Labute approximate surface area is 150 Å². The zero-order valence-corrected chi connectivity index (χ0v) is 14.2. The Balaban J connectivity index is 1.94. The van der Waals surface area contributed by atoms with E-state index in [2.05, 4.69) is 14.7 Å². The predicted molar refractivity (Wildman–Crippen MR) is 88.4 cm³/mol. The number of hydrogen-bond donors (Lipinski definition) is 1. The molecule has 0 bridgehead atoms. The molecule has 0 aliphatic carbocycles. The molecule has 3 rings (SSSR count). The van der Waals surface area contributed by atoms with E-state index < -0.39 is 18.6 Å². The van der Waals surface area contributed by atoms with Crippen LogP contribution in [0.2, 0.25) is 5.02 Å². The van der Waals surface area contributed by atoms with Gasteiger partial charge in [0.1, 0.15) is 23.0 Å². The van der Waals surface area contributed by atoms with E-state index in [0.717, 1.165) is 12.1 Å². The maximum absolute atomic E-state index is 14.2. The second-order valence-corrected chi connectivity index (χ2v) is 5.88. The molecule has 1 aromatic carbocycles. The van der Waals surface area contributed by atoms with E-state index >= 15 is 0 Å². The number of halogens is 5. The molecule has 2 heterocycles. The molecule has 138 valence electrons. The lowest BCUT2D eigenvalue weighted by Gasteiger charge is -2.13. The molecule has 0 aliphatic heterocycles. The number of fused-ring (bicyclic) bond motifs is 1. The van der Waals surface area contributed by atoms with E-state index in [9.17, 15) is 17.6 Å². The number of pyridine rings is 1. The van der Waals surface area contributed by atoms with Crippen LogP contribution < -0.4 is 9.47 Å². The SMILES string of the molecule is COc1cnc2[nH]cc(Cc3c(F)ccc(OCC(F)(F)F)c3Cl)c2c1. The summed E-state index contributed by atoms with van der Waals surface area (Å²) < 4.78 is 61.0. The summed E-state index contributed by atoms with van der Waals surface area (Å²) in [4.78, 5) is 7.12. The van der Waals surface area contributed by atoms with Crippen LogP contribution in [0.1, 0.15) is 11.1 Å². The first-order chi connectivity index (χ1) is 12.3. The number of aromatic amines is 1. The van der Waals surface area contributed by atoms with E-state index in [1.807, 2.05) is 0 Å². The highest BCUT2D eigenvalue weighted by molar-refractivity contribution is 6.32. The maximum Gasteiger partial charge on any atom is 0.422 e. The van der Waals surface area contributed by atoms with Gasteiger partial charge in [0.25, 0.3) is 0 Å². The average Bonchev–Trinajstić information content (AvgIpc) is 2.99. The number of rotatable bonds is 5. The molecule has 0 radical (unpaired) electrons. The quantitative estimate of drug-likeness (QED) is 0.633. The van der Waals surface area contributed by atoms with Gasteiger partial charge in [-0.05, 0) is 23.8 Å². The van der Waals surface area contributed by atoms with Crippen molar-refractivity contribution in [3.63, 3.8) is 0 Å². The van der Waals surface area contributed by atoms with E-state index in [4.69, 9.17) is 16.3 Å². The number of nitrogens with zero attached hydrogens (tertiary/aromatic N) is 1. The van der Waals surface area contributed by atoms with Crippen LogP contribution in [0.5, 0.6) is 11.5 Å². The number of aromatic nitrogens is 2. The van der Waals surface area contributed by atoms with E-state index in [-0.39, 0.29) is 22.8 Å². The Kier molecular flexibility index (Phi) is 4.95. The normalized spacial score (nSPS) is 11.8. The van der Waals surface area contributed by atoms with Gasteiger partial charge in [-0.15, -0.1) is 0 Å². The van der Waals surface area contributed by atoms with Gasteiger partial charge >= 0.3 is 6.18 Å². The highest BCUT2D eigenvalue weighted by Crippen LogP contribution is 2.34. The molecule has 0 unspecified atom stereocenters. The highest BCUT2D eigenvalue weighted by atomic mass is 35.5. The lowest BCUT2D eigenvalue weighted by molar-refractivity contribution is -0.153. The molecule has 2 aromatic heterocycles. The van der Waals surface area contributed by atoms with Gasteiger partial charge < -0.3 is 14.5 Å². The predicted octanol–water partition coefficient (Wildman–Crippen LogP) is 4.90. The van der Waals surface area contributed by atoms with Gasteiger partial charge in [0.05, 0.1) is 18.3 Å². The lowest BCUT2D eigenvalue weighted by Crippen LogP contribution is -2.19. The third-order valence-corrected chi connectivity index (χ3v) is 4.15. The summed E-state index contributed by atoms with van der Waals surface area (Å²) in [5.41, 5.74) is 1.28. The number of ether oxygens (including phenoxy) is 2. The van der Waals surface area contributed by atoms with E-state index in [0.29, 0.717) is 22.3 Å². The molecule has 3 aromatic rings. The number of H-pyrrole nitrogens is 1. The topological polar surface area (TPSA) is 47.1 Å². The van der Waals surface area contributed by atoms with Crippen LogP contribution in [-0.2, 0) is 6.42 Å². The van der Waals surface area contributed by atoms with Gasteiger partial charge in [-0.3, -0.25) is 0 Å². The minimum atomic E-state index is -4.52. The van der Waals surface area contributed by atoms with E-state index in [1.165, 1.54) is 13.3 Å². The Morgan fingerprint density at radius 2 is 2.04 bits per heavy atom. The number of methoxy groups -OCH3 is 1. The summed E-state index contributed by atoms with van der Waals surface area (Å²) in [6, 6.07) is 3.83. The van der Waals surface area contributed by atoms with Crippen LogP contribution in [0.15, 0.2) is 30.6 Å². The molecular weight excluding hydrogens is 376 g/mol. The summed E-state index contributed by atoms with van der Waals surface area (Å²) in [6.45, 7) is -1.51. The number of benzene rings is 1. The van der Waals surface area contributed by atoms with Crippen LogP contribution in [-0.4, -0.2) is 29.9 Å². The molecule has 1 N–H and O–H groups in total. The largest absolute Gasteiger partial charge is 0.495 e. The number of alkyl halides is 3. The molecule has 0 saturated heterocycles. The van der Waals surface area contributed by atoms with E-state index in [1.54, 1.807) is 12.3 Å². The van der Waals surface area contributed by atoms with Gasteiger partial charge in [0.15, 0.2) is 6.61 Å². The molecule has 9 heteroatoms. The van der Waals surface area contributed by atoms with Crippen LogP contribution in [0.25, 0.3) is 11.0 Å². The first kappa shape index (κ1) is 18.3. The third kappa shape index (κ3) is 3.85. The molecule has 0 aliphatic rings. The zero-order chi connectivity index (χ0) is 18.9. The Bertz CT molecular complexity index is 940. The van der Waals surface area contributed by atoms with Crippen molar-refractivity contribution in [1.29, 1.82) is 0 Å². The van der Waals surface area contributed by atoms with Gasteiger partial charge in [0, 0.05) is 23.6 Å². The van der Waals surface area contributed by atoms with Crippen molar-refractivity contribution in [1.82, 2.24) is 9.97 Å². The van der Waals surface area contributed by atoms with Gasteiger partial charge in [-0.1, -0.05) is 11.6 Å². The molecule has 0 saturated carbocycles. The van der Waals surface area contributed by atoms with Crippen molar-refractivity contribution >= 4 is 22.6 Å². The van der Waals surface area contributed by atoms with Crippen LogP contribution in [0, 0.1) is 5.82 Å². The van der Waals surface area contributed by atoms with Gasteiger partial charge in [-0.25, -0.2) is 9.37 Å². The zero-order valence-electron chi connectivity index (χ0n) is 13.5. The van der Waals surface area contributed by atoms with Gasteiger partial charge in [0.2, 0.25) is 0 Å². The summed E-state index contributed by atoms with van der Waals surface area (Å²) >= 11 is 6.09. The number of nitrogens with one attached hydrogen (secondary N) is 1. The molecule has 4 nitrogen and oxygen atoms in total. The fraction of sp³-hybridized carbons (Fsp3) is 0.235. The smallest absolute Gasteiger partial charge is 0.422 e. The minimum absolute atomic E-state index is 0.0371. The third-order valence-electron chi connectivity index (χ3n) is 3.74. The van der Waals surface area contributed by atoms with Crippen molar-refractivity contribution in [2.45, 2.75) is 12.6 Å². The Morgan fingerprint density at radius 1 is 1.27 bits per heavy atom. The van der Waals surface area contributed by atoms with Crippen LogP contribution >= 0.6 is 11.6 Å². The second-order valence-electron chi connectivity index (χ2n) is 5.50. The summed E-state index contributed by atoms with van der Waals surface area (Å²) in [6.07, 6.45) is -1.31. The van der Waals surface area contributed by atoms with Crippen molar-refractivity contribution in [2.24, 2.45) is 0 Å². The maximum atomic E-state index is 14.2. The molecule has 0 spiro atoms. The molecular formula is C17H13ClF4N2O2. The van der Waals surface area contributed by atoms with Crippen molar-refractivity contribution in [2.75, 3.05) is 13.7 Å². The minimum Gasteiger partial charge on any atom is -0.495 e. The molecule has 0 atom stereocenters. The summed E-state index contributed by atoms with van der Waals surface area (Å²) in [5.74, 6) is -0.345. The van der Waals surface area contributed by atoms with Crippen molar-refractivity contribution < 1.29 is 27.0 Å². The highest BCUT2D eigenvalue weighted by Gasteiger charge is 2.29. The molecule has 0 fully saturated rings. The summed E-state index contributed by atoms with van der Waals surface area (Å²) in [5, 5.41) is 0.501. The van der Waals surface area contributed by atoms with Crippen LogP contribution in [0.3, 0.4) is 0 Å². The first-order valence-corrected chi connectivity index (χ1v) is 7.82.